The molecule has 0 radical (unpaired) electrons. The molecule has 1 aromatic heterocycles. The average Bonchev–Trinajstić information content (AvgIpc) is 2.76. The Morgan fingerprint density at radius 3 is 2.62 bits per heavy atom. The Hall–Kier alpha value is -0.430. The topological polar surface area (TPSA) is 49.4 Å². The van der Waals surface area contributed by atoms with Gasteiger partial charge in [0.25, 0.3) is 0 Å². The van der Waals surface area contributed by atoms with E-state index in [1.54, 1.807) is 15.6 Å². The van der Waals surface area contributed by atoms with Crippen molar-refractivity contribution in [3.05, 3.63) is 15.8 Å². The maximum atomic E-state index is 13.0. The summed E-state index contributed by atoms with van der Waals surface area (Å²) in [5.74, 6) is 0.552. The lowest BCUT2D eigenvalue weighted by molar-refractivity contribution is 0.250. The molecular weight excluding hydrogens is 304 g/mol. The molecule has 0 saturated heterocycles. The summed E-state index contributed by atoms with van der Waals surface area (Å²) in [5, 5.41) is 5.19. The van der Waals surface area contributed by atoms with Crippen LogP contribution in [0.2, 0.25) is 0 Å². The van der Waals surface area contributed by atoms with E-state index >= 15 is 0 Å². The van der Waals surface area contributed by atoms with E-state index in [0.717, 1.165) is 17.0 Å². The summed E-state index contributed by atoms with van der Waals surface area (Å²) in [6.45, 7) is 8.56. The fourth-order valence-corrected chi connectivity index (χ4v) is 5.94. The van der Waals surface area contributed by atoms with Crippen LogP contribution in [0.15, 0.2) is 10.3 Å². The number of hydrogen-bond acceptors (Lipinski definition) is 4. The Morgan fingerprint density at radius 2 is 2.10 bits per heavy atom. The van der Waals surface area contributed by atoms with E-state index in [1.165, 1.54) is 19.3 Å². The van der Waals surface area contributed by atoms with Crippen molar-refractivity contribution in [1.29, 1.82) is 0 Å². The second kappa shape index (κ2) is 7.22. The molecule has 1 aromatic rings. The molecule has 2 rings (SSSR count). The molecule has 0 spiro atoms. The van der Waals surface area contributed by atoms with E-state index in [-0.39, 0.29) is 0 Å². The summed E-state index contributed by atoms with van der Waals surface area (Å²) in [6, 6.07) is 0. The predicted molar refractivity (Wildman–Crippen MR) is 88.2 cm³/mol. The predicted octanol–water partition coefficient (Wildman–Crippen LogP) is 2.98. The van der Waals surface area contributed by atoms with Gasteiger partial charge in [-0.25, -0.2) is 8.42 Å². The quantitative estimate of drug-likeness (QED) is 0.797. The number of nitrogens with one attached hydrogen (secondary N) is 1. The van der Waals surface area contributed by atoms with Gasteiger partial charge in [-0.15, -0.1) is 11.3 Å². The zero-order valence-electron chi connectivity index (χ0n) is 13.2. The van der Waals surface area contributed by atoms with Crippen molar-refractivity contribution in [2.75, 3.05) is 19.6 Å². The zero-order chi connectivity index (χ0) is 15.5. The van der Waals surface area contributed by atoms with Crippen molar-refractivity contribution in [2.24, 2.45) is 5.92 Å². The van der Waals surface area contributed by atoms with Gasteiger partial charge in [-0.1, -0.05) is 20.3 Å². The summed E-state index contributed by atoms with van der Waals surface area (Å²) in [5.41, 5.74) is 0.875. The van der Waals surface area contributed by atoms with Gasteiger partial charge in [-0.3, -0.25) is 0 Å². The third kappa shape index (κ3) is 3.67. The van der Waals surface area contributed by atoms with Crippen LogP contribution in [0.1, 0.15) is 43.6 Å². The first-order valence-electron chi connectivity index (χ1n) is 7.78. The summed E-state index contributed by atoms with van der Waals surface area (Å²) in [4.78, 5) is 1.47. The number of hydrogen-bond donors (Lipinski definition) is 1. The number of rotatable bonds is 8. The standard InChI is InChI=1S/C15H26N2O2S2/c1-4-16-9-14-15(12(3)11-20-14)21(18,19)17(5-2)10-13-7-6-8-13/h11,13,16H,4-10H2,1-3H3. The highest BCUT2D eigenvalue weighted by Crippen LogP contribution is 2.32. The number of sulfonamides is 1. The van der Waals surface area contributed by atoms with Crippen LogP contribution in [-0.4, -0.2) is 32.4 Å². The fourth-order valence-electron chi connectivity index (χ4n) is 2.68. The first kappa shape index (κ1) is 16.9. The second-order valence-corrected chi connectivity index (χ2v) is 8.54. The van der Waals surface area contributed by atoms with Crippen LogP contribution >= 0.6 is 11.3 Å². The largest absolute Gasteiger partial charge is 0.312 e. The van der Waals surface area contributed by atoms with Crippen LogP contribution < -0.4 is 5.32 Å². The number of nitrogens with zero attached hydrogens (tertiary/aromatic N) is 1. The SMILES string of the molecule is CCNCc1scc(C)c1S(=O)(=O)N(CC)CC1CCC1. The summed E-state index contributed by atoms with van der Waals surface area (Å²) in [7, 11) is -3.37. The lowest BCUT2D eigenvalue weighted by atomic mass is 9.85. The first-order chi connectivity index (χ1) is 10.0. The third-order valence-electron chi connectivity index (χ3n) is 4.16. The molecule has 1 aliphatic carbocycles. The van der Waals surface area contributed by atoms with Gasteiger partial charge in [0.15, 0.2) is 0 Å². The summed E-state index contributed by atoms with van der Waals surface area (Å²) < 4.78 is 27.7. The molecule has 0 bridgehead atoms. The van der Waals surface area contributed by atoms with Gasteiger partial charge in [0.05, 0.1) is 0 Å². The van der Waals surface area contributed by atoms with Crippen molar-refractivity contribution in [1.82, 2.24) is 9.62 Å². The van der Waals surface area contributed by atoms with Crippen LogP contribution in [0.4, 0.5) is 0 Å². The van der Waals surface area contributed by atoms with Crippen molar-refractivity contribution in [3.63, 3.8) is 0 Å². The van der Waals surface area contributed by atoms with E-state index in [9.17, 15) is 8.42 Å². The highest BCUT2D eigenvalue weighted by Gasteiger charge is 2.31. The lowest BCUT2D eigenvalue weighted by Gasteiger charge is -2.31. The molecule has 1 saturated carbocycles. The van der Waals surface area contributed by atoms with Gasteiger partial charge in [-0.2, -0.15) is 4.31 Å². The molecule has 0 atom stereocenters. The number of aryl methyl sites for hydroxylation is 1. The van der Waals surface area contributed by atoms with Gasteiger partial charge < -0.3 is 5.32 Å². The average molecular weight is 331 g/mol. The van der Waals surface area contributed by atoms with E-state index in [0.29, 0.717) is 30.4 Å². The molecule has 1 heterocycles. The molecule has 0 unspecified atom stereocenters. The minimum absolute atomic E-state index is 0.537. The van der Waals surface area contributed by atoms with Gasteiger partial charge in [0.2, 0.25) is 10.0 Å². The van der Waals surface area contributed by atoms with Gasteiger partial charge >= 0.3 is 0 Å². The van der Waals surface area contributed by atoms with Crippen molar-refractivity contribution < 1.29 is 8.42 Å². The molecule has 0 amide bonds. The molecule has 21 heavy (non-hydrogen) atoms. The zero-order valence-corrected chi connectivity index (χ0v) is 14.8. The Balaban J connectivity index is 2.25. The van der Waals surface area contributed by atoms with E-state index in [2.05, 4.69) is 5.32 Å². The molecule has 0 aromatic carbocycles. The molecule has 6 heteroatoms. The molecule has 1 aliphatic rings. The van der Waals surface area contributed by atoms with Crippen molar-refractivity contribution >= 4 is 21.4 Å². The van der Waals surface area contributed by atoms with Crippen molar-refractivity contribution in [3.8, 4) is 0 Å². The molecule has 1 N–H and O–H groups in total. The minimum Gasteiger partial charge on any atom is -0.312 e. The molecule has 0 aliphatic heterocycles. The number of thiophene rings is 1. The molecule has 1 fully saturated rings. The molecular formula is C15H26N2O2S2. The first-order valence-corrected chi connectivity index (χ1v) is 10.1. The normalized spacial score (nSPS) is 16.4. The van der Waals surface area contributed by atoms with E-state index < -0.39 is 10.0 Å². The Morgan fingerprint density at radius 1 is 1.38 bits per heavy atom. The van der Waals surface area contributed by atoms with Crippen LogP contribution in [0, 0.1) is 12.8 Å². The minimum atomic E-state index is -3.37. The summed E-state index contributed by atoms with van der Waals surface area (Å²) in [6.07, 6.45) is 3.57. The van der Waals surface area contributed by atoms with Crippen LogP contribution in [0.3, 0.4) is 0 Å². The maximum Gasteiger partial charge on any atom is 0.244 e. The van der Waals surface area contributed by atoms with Crippen molar-refractivity contribution in [2.45, 2.75) is 51.5 Å². The van der Waals surface area contributed by atoms with E-state index in [1.807, 2.05) is 26.2 Å². The van der Waals surface area contributed by atoms with Gasteiger partial charge in [0.1, 0.15) is 4.90 Å². The summed E-state index contributed by atoms with van der Waals surface area (Å²) >= 11 is 1.54. The highest BCUT2D eigenvalue weighted by molar-refractivity contribution is 7.89. The molecule has 120 valence electrons. The van der Waals surface area contributed by atoms with Crippen LogP contribution in [0.25, 0.3) is 0 Å². The van der Waals surface area contributed by atoms with Crippen LogP contribution in [0.5, 0.6) is 0 Å². The third-order valence-corrected chi connectivity index (χ3v) is 7.57. The lowest BCUT2D eigenvalue weighted by Crippen LogP contribution is -2.37. The highest BCUT2D eigenvalue weighted by atomic mass is 32.2. The Kier molecular flexibility index (Phi) is 5.82. The Labute approximate surface area is 132 Å². The van der Waals surface area contributed by atoms with Gasteiger partial charge in [0, 0.05) is 24.5 Å². The van der Waals surface area contributed by atoms with Gasteiger partial charge in [-0.05, 0) is 43.2 Å². The Bertz CT molecular complexity index is 562. The second-order valence-electron chi connectivity index (χ2n) is 5.70. The molecule has 4 nitrogen and oxygen atoms in total. The smallest absolute Gasteiger partial charge is 0.244 e. The monoisotopic (exact) mass is 330 g/mol. The maximum absolute atomic E-state index is 13.0. The van der Waals surface area contributed by atoms with Crippen LogP contribution in [-0.2, 0) is 16.6 Å². The van der Waals surface area contributed by atoms with E-state index in [4.69, 9.17) is 0 Å². The fraction of sp³-hybridized carbons (Fsp3) is 0.733.